The van der Waals surface area contributed by atoms with Gasteiger partial charge in [0.25, 0.3) is 5.91 Å². The van der Waals surface area contributed by atoms with Gasteiger partial charge in [0.15, 0.2) is 11.5 Å². The number of ether oxygens (including phenoxy) is 2. The summed E-state index contributed by atoms with van der Waals surface area (Å²) in [4.78, 5) is 15.9. The maximum atomic E-state index is 11.8. The van der Waals surface area contributed by atoms with Gasteiger partial charge in [0.2, 0.25) is 6.79 Å². The van der Waals surface area contributed by atoms with Crippen molar-refractivity contribution < 1.29 is 14.3 Å². The van der Waals surface area contributed by atoms with E-state index in [1.54, 1.807) is 18.2 Å². The van der Waals surface area contributed by atoms with E-state index in [-0.39, 0.29) is 12.7 Å². The predicted molar refractivity (Wildman–Crippen MR) is 86.5 cm³/mol. The van der Waals surface area contributed by atoms with Crippen LogP contribution in [0.4, 0.5) is 0 Å². The number of hydrogen-bond acceptors (Lipinski definition) is 5. The number of nitrogens with zero attached hydrogens (tertiary/aromatic N) is 2. The van der Waals surface area contributed by atoms with Crippen LogP contribution in [0.25, 0.3) is 6.08 Å². The van der Waals surface area contributed by atoms with E-state index < -0.39 is 0 Å². The molecule has 0 saturated carbocycles. The van der Waals surface area contributed by atoms with Gasteiger partial charge in [0, 0.05) is 18.1 Å². The van der Waals surface area contributed by atoms with Gasteiger partial charge in [-0.3, -0.25) is 9.78 Å². The van der Waals surface area contributed by atoms with Gasteiger partial charge in [-0.25, -0.2) is 5.43 Å². The van der Waals surface area contributed by atoms with Gasteiger partial charge in [0.1, 0.15) is 0 Å². The molecule has 1 aromatic carbocycles. The van der Waals surface area contributed by atoms with Crippen LogP contribution >= 0.6 is 0 Å². The number of amides is 1. The number of carbonyl (C=O) groups excluding carboxylic acids is 1. The molecule has 1 aromatic heterocycles. The highest BCUT2D eigenvalue weighted by Crippen LogP contribution is 2.32. The van der Waals surface area contributed by atoms with Crippen molar-refractivity contribution in [2.24, 2.45) is 5.10 Å². The lowest BCUT2D eigenvalue weighted by Crippen LogP contribution is -2.17. The van der Waals surface area contributed by atoms with Gasteiger partial charge in [-0.1, -0.05) is 12.1 Å². The molecule has 1 aliphatic rings. The Morgan fingerprint density at radius 1 is 1.26 bits per heavy atom. The zero-order valence-electron chi connectivity index (χ0n) is 12.5. The van der Waals surface area contributed by atoms with Gasteiger partial charge in [-0.15, -0.1) is 0 Å². The van der Waals surface area contributed by atoms with Crippen LogP contribution in [0.3, 0.4) is 0 Å². The maximum absolute atomic E-state index is 11.8. The number of rotatable bonds is 4. The van der Waals surface area contributed by atoms with Crippen LogP contribution in [-0.4, -0.2) is 23.9 Å². The van der Waals surface area contributed by atoms with Crippen LogP contribution in [0.15, 0.2) is 47.7 Å². The normalized spacial score (nSPS) is 12.9. The Bertz CT molecular complexity index is 767. The number of aryl methyl sites for hydroxylation is 1. The summed E-state index contributed by atoms with van der Waals surface area (Å²) < 4.78 is 10.5. The molecule has 0 bridgehead atoms. The fourth-order valence-corrected chi connectivity index (χ4v) is 1.98. The summed E-state index contributed by atoms with van der Waals surface area (Å²) in [6.07, 6.45) is 6.60. The topological polar surface area (TPSA) is 72.8 Å². The molecule has 23 heavy (non-hydrogen) atoms. The molecule has 3 rings (SSSR count). The predicted octanol–water partition coefficient (Wildman–Crippen LogP) is 2.55. The third-order valence-electron chi connectivity index (χ3n) is 3.19. The number of nitrogens with one attached hydrogen (secondary N) is 1. The summed E-state index contributed by atoms with van der Waals surface area (Å²) >= 11 is 0. The molecule has 6 heteroatoms. The van der Waals surface area contributed by atoms with Crippen LogP contribution in [0.2, 0.25) is 0 Å². The molecule has 0 spiro atoms. The minimum Gasteiger partial charge on any atom is -0.454 e. The highest BCUT2D eigenvalue weighted by molar-refractivity contribution is 5.94. The summed E-state index contributed by atoms with van der Waals surface area (Å²) in [5.74, 6) is 1.17. The number of fused-ring (bicyclic) bond motifs is 1. The second-order valence-electron chi connectivity index (χ2n) is 4.88. The number of allylic oxidation sites excluding steroid dienone is 1. The van der Waals surface area contributed by atoms with Crippen molar-refractivity contribution in [2.45, 2.75) is 6.92 Å². The van der Waals surface area contributed by atoms with E-state index in [1.165, 1.54) is 12.4 Å². The zero-order chi connectivity index (χ0) is 16.1. The number of hydrazone groups is 1. The molecule has 0 atom stereocenters. The molecule has 0 saturated heterocycles. The van der Waals surface area contributed by atoms with E-state index in [1.807, 2.05) is 31.2 Å². The molecule has 2 heterocycles. The SMILES string of the molecule is Cc1ccc(C(=O)NN=CC=Cc2ccc3c(c2)OCO3)cn1. The third kappa shape index (κ3) is 3.74. The average Bonchev–Trinajstić information content (AvgIpc) is 3.02. The van der Waals surface area contributed by atoms with E-state index in [9.17, 15) is 4.79 Å². The molecule has 6 nitrogen and oxygen atoms in total. The second-order valence-corrected chi connectivity index (χ2v) is 4.88. The largest absolute Gasteiger partial charge is 0.454 e. The average molecular weight is 309 g/mol. The molecular formula is C17H15N3O3. The number of hydrogen-bond donors (Lipinski definition) is 1. The fourth-order valence-electron chi connectivity index (χ4n) is 1.98. The first-order valence-corrected chi connectivity index (χ1v) is 7.05. The van der Waals surface area contributed by atoms with Crippen molar-refractivity contribution in [3.63, 3.8) is 0 Å². The molecule has 0 radical (unpaired) electrons. The van der Waals surface area contributed by atoms with Gasteiger partial charge < -0.3 is 9.47 Å². The quantitative estimate of drug-likeness (QED) is 0.696. The van der Waals surface area contributed by atoms with E-state index in [2.05, 4.69) is 15.5 Å². The van der Waals surface area contributed by atoms with Crippen LogP contribution in [0, 0.1) is 6.92 Å². The molecule has 1 N–H and O–H groups in total. The summed E-state index contributed by atoms with van der Waals surface area (Å²) in [6.45, 7) is 2.12. The molecule has 116 valence electrons. The smallest absolute Gasteiger partial charge is 0.272 e. The lowest BCUT2D eigenvalue weighted by Gasteiger charge is -1.99. The Kier molecular flexibility index (Phi) is 4.33. The first kappa shape index (κ1) is 14.8. The van der Waals surface area contributed by atoms with Gasteiger partial charge in [-0.05, 0) is 42.8 Å². The number of carbonyl (C=O) groups is 1. The Balaban J connectivity index is 1.54. The number of aromatic nitrogens is 1. The first-order chi connectivity index (χ1) is 11.2. The summed E-state index contributed by atoms with van der Waals surface area (Å²) in [6, 6.07) is 9.12. The summed E-state index contributed by atoms with van der Waals surface area (Å²) in [5, 5.41) is 3.86. The van der Waals surface area contributed by atoms with E-state index in [4.69, 9.17) is 9.47 Å². The monoisotopic (exact) mass is 309 g/mol. The lowest BCUT2D eigenvalue weighted by molar-refractivity contribution is 0.0955. The zero-order valence-corrected chi connectivity index (χ0v) is 12.5. The minimum atomic E-state index is -0.301. The Morgan fingerprint density at radius 2 is 2.13 bits per heavy atom. The van der Waals surface area contributed by atoms with Crippen molar-refractivity contribution in [1.29, 1.82) is 0 Å². The third-order valence-corrected chi connectivity index (χ3v) is 3.19. The number of pyridine rings is 1. The van der Waals surface area contributed by atoms with Crippen LogP contribution in [0.1, 0.15) is 21.6 Å². The number of benzene rings is 1. The van der Waals surface area contributed by atoms with Crippen LogP contribution in [-0.2, 0) is 0 Å². The van der Waals surface area contributed by atoms with Gasteiger partial charge in [0.05, 0.1) is 5.56 Å². The highest BCUT2D eigenvalue weighted by atomic mass is 16.7. The minimum absolute atomic E-state index is 0.254. The summed E-state index contributed by atoms with van der Waals surface area (Å²) in [7, 11) is 0. The van der Waals surface area contributed by atoms with Crippen molar-refractivity contribution in [3.8, 4) is 11.5 Å². The lowest BCUT2D eigenvalue weighted by atomic mass is 10.2. The Morgan fingerprint density at radius 3 is 2.96 bits per heavy atom. The fraction of sp³-hybridized carbons (Fsp3) is 0.118. The van der Waals surface area contributed by atoms with Gasteiger partial charge in [-0.2, -0.15) is 5.10 Å². The van der Waals surface area contributed by atoms with Crippen LogP contribution < -0.4 is 14.9 Å². The highest BCUT2D eigenvalue weighted by Gasteiger charge is 2.11. The molecule has 1 amide bonds. The maximum Gasteiger partial charge on any atom is 0.272 e. The van der Waals surface area contributed by atoms with Crippen molar-refractivity contribution in [1.82, 2.24) is 10.4 Å². The van der Waals surface area contributed by atoms with E-state index in [0.29, 0.717) is 5.56 Å². The van der Waals surface area contributed by atoms with Crippen LogP contribution in [0.5, 0.6) is 11.5 Å². The van der Waals surface area contributed by atoms with Crippen molar-refractivity contribution >= 4 is 18.2 Å². The molecule has 0 fully saturated rings. The summed E-state index contributed by atoms with van der Waals surface area (Å²) in [5.41, 5.74) is 4.72. The molecule has 0 unspecified atom stereocenters. The van der Waals surface area contributed by atoms with E-state index in [0.717, 1.165) is 22.8 Å². The Hall–Kier alpha value is -3.15. The standard InChI is InChI=1S/C17H15N3O3/c1-12-4-6-14(10-18-12)17(21)20-19-8-2-3-13-5-7-15-16(9-13)23-11-22-15/h2-10H,11H2,1H3,(H,20,21). The Labute approximate surface area is 133 Å². The van der Waals surface area contributed by atoms with Gasteiger partial charge >= 0.3 is 0 Å². The molecule has 0 aliphatic carbocycles. The molecular weight excluding hydrogens is 294 g/mol. The second kappa shape index (κ2) is 6.74. The van der Waals surface area contributed by atoms with Crippen molar-refractivity contribution in [2.75, 3.05) is 6.79 Å². The first-order valence-electron chi connectivity index (χ1n) is 7.05. The molecule has 2 aromatic rings. The molecule has 1 aliphatic heterocycles. The van der Waals surface area contributed by atoms with E-state index >= 15 is 0 Å². The van der Waals surface area contributed by atoms with Crippen molar-refractivity contribution in [3.05, 3.63) is 59.4 Å².